The number of nitrogens with zero attached hydrogens (tertiary/aromatic N) is 2. The van der Waals surface area contributed by atoms with Gasteiger partial charge in [0.25, 0.3) is 0 Å². The molecule has 0 aromatic carbocycles. The van der Waals surface area contributed by atoms with Crippen molar-refractivity contribution in [1.82, 2.24) is 4.98 Å². The second-order valence-corrected chi connectivity index (χ2v) is 4.41. The summed E-state index contributed by atoms with van der Waals surface area (Å²) in [5.41, 5.74) is 2.12. The van der Waals surface area contributed by atoms with E-state index in [1.54, 1.807) is 6.20 Å². The number of aromatic nitrogens is 1. The third-order valence-corrected chi connectivity index (χ3v) is 3.47. The van der Waals surface area contributed by atoms with E-state index < -0.39 is 0 Å². The molecule has 0 amide bonds. The van der Waals surface area contributed by atoms with Gasteiger partial charge in [-0.3, -0.25) is 4.98 Å². The van der Waals surface area contributed by atoms with Crippen molar-refractivity contribution < 1.29 is 5.11 Å². The van der Waals surface area contributed by atoms with Crippen molar-refractivity contribution in [2.45, 2.75) is 45.3 Å². The lowest BCUT2D eigenvalue weighted by molar-refractivity contribution is 0.281. The Hall–Kier alpha value is -1.09. The van der Waals surface area contributed by atoms with Gasteiger partial charge in [0.2, 0.25) is 0 Å². The van der Waals surface area contributed by atoms with Crippen LogP contribution in [0.2, 0.25) is 0 Å². The van der Waals surface area contributed by atoms with Crippen molar-refractivity contribution >= 4 is 5.69 Å². The van der Waals surface area contributed by atoms with Gasteiger partial charge in [0.15, 0.2) is 0 Å². The fourth-order valence-corrected chi connectivity index (χ4v) is 2.55. The number of aliphatic hydroxyl groups excluding tert-OH is 1. The Kier molecular flexibility index (Phi) is 3.78. The number of pyridine rings is 1. The zero-order valence-corrected chi connectivity index (χ0v) is 9.89. The highest BCUT2D eigenvalue weighted by Gasteiger charge is 2.22. The molecule has 88 valence electrons. The quantitative estimate of drug-likeness (QED) is 0.849. The fraction of sp³-hybridized carbons (Fsp3) is 0.615. The molecule has 0 spiro atoms. The second-order valence-electron chi connectivity index (χ2n) is 4.41. The van der Waals surface area contributed by atoms with Crippen LogP contribution in [0.1, 0.15) is 38.2 Å². The SMILES string of the molecule is CCC1CCCCN1c1cnccc1CO. The van der Waals surface area contributed by atoms with Gasteiger partial charge in [0.05, 0.1) is 18.5 Å². The van der Waals surface area contributed by atoms with Crippen LogP contribution in [0.3, 0.4) is 0 Å². The van der Waals surface area contributed by atoms with Gasteiger partial charge in [-0.15, -0.1) is 0 Å². The van der Waals surface area contributed by atoms with Gasteiger partial charge >= 0.3 is 0 Å². The first-order valence-corrected chi connectivity index (χ1v) is 6.17. The Balaban J connectivity index is 2.26. The molecule has 1 aromatic rings. The zero-order valence-electron chi connectivity index (χ0n) is 9.89. The molecule has 0 aliphatic carbocycles. The van der Waals surface area contributed by atoms with E-state index in [9.17, 15) is 5.11 Å². The average Bonchev–Trinajstić information content (AvgIpc) is 2.38. The topological polar surface area (TPSA) is 36.4 Å². The fourth-order valence-electron chi connectivity index (χ4n) is 2.55. The van der Waals surface area contributed by atoms with Crippen LogP contribution in [0.4, 0.5) is 5.69 Å². The van der Waals surface area contributed by atoms with E-state index in [0.29, 0.717) is 6.04 Å². The Bertz CT molecular complexity index is 340. The highest BCUT2D eigenvalue weighted by molar-refractivity contribution is 5.52. The minimum Gasteiger partial charge on any atom is -0.392 e. The van der Waals surface area contributed by atoms with Gasteiger partial charge in [0, 0.05) is 24.3 Å². The van der Waals surface area contributed by atoms with Crippen molar-refractivity contribution in [3.63, 3.8) is 0 Å². The van der Waals surface area contributed by atoms with Crippen molar-refractivity contribution in [1.29, 1.82) is 0 Å². The van der Waals surface area contributed by atoms with Crippen molar-refractivity contribution in [2.75, 3.05) is 11.4 Å². The van der Waals surface area contributed by atoms with E-state index in [0.717, 1.165) is 17.8 Å². The van der Waals surface area contributed by atoms with Crippen LogP contribution in [-0.4, -0.2) is 22.7 Å². The predicted octanol–water partition coefficient (Wildman–Crippen LogP) is 2.34. The smallest absolute Gasteiger partial charge is 0.0703 e. The summed E-state index contributed by atoms with van der Waals surface area (Å²) in [6, 6.07) is 2.53. The molecular formula is C13H20N2O. The number of hydrogen-bond acceptors (Lipinski definition) is 3. The van der Waals surface area contributed by atoms with E-state index >= 15 is 0 Å². The van der Waals surface area contributed by atoms with E-state index in [1.165, 1.54) is 25.7 Å². The van der Waals surface area contributed by atoms with Crippen molar-refractivity contribution in [3.05, 3.63) is 24.0 Å². The summed E-state index contributed by atoms with van der Waals surface area (Å²) >= 11 is 0. The molecule has 1 aliphatic heterocycles. The van der Waals surface area contributed by atoms with Crippen LogP contribution in [0, 0.1) is 0 Å². The summed E-state index contributed by atoms with van der Waals surface area (Å²) in [7, 11) is 0. The Morgan fingerprint density at radius 2 is 2.38 bits per heavy atom. The summed E-state index contributed by atoms with van der Waals surface area (Å²) in [5.74, 6) is 0. The van der Waals surface area contributed by atoms with Crippen LogP contribution in [0.25, 0.3) is 0 Å². The monoisotopic (exact) mass is 220 g/mol. The average molecular weight is 220 g/mol. The first-order chi connectivity index (χ1) is 7.86. The summed E-state index contributed by atoms with van der Waals surface area (Å²) in [5, 5.41) is 9.35. The molecule has 0 saturated carbocycles. The molecule has 1 atom stereocenters. The summed E-state index contributed by atoms with van der Waals surface area (Å²) in [6.07, 6.45) is 8.63. The molecular weight excluding hydrogens is 200 g/mol. The molecule has 3 nitrogen and oxygen atoms in total. The van der Waals surface area contributed by atoms with E-state index in [-0.39, 0.29) is 6.61 Å². The van der Waals surface area contributed by atoms with Gasteiger partial charge in [-0.1, -0.05) is 6.92 Å². The minimum absolute atomic E-state index is 0.102. The number of anilines is 1. The summed E-state index contributed by atoms with van der Waals surface area (Å²) in [6.45, 7) is 3.43. The number of piperidine rings is 1. The third-order valence-electron chi connectivity index (χ3n) is 3.47. The van der Waals surface area contributed by atoms with Gasteiger partial charge in [0.1, 0.15) is 0 Å². The molecule has 0 bridgehead atoms. The highest BCUT2D eigenvalue weighted by atomic mass is 16.3. The minimum atomic E-state index is 0.102. The number of rotatable bonds is 3. The van der Waals surface area contributed by atoms with E-state index in [4.69, 9.17) is 0 Å². The lowest BCUT2D eigenvalue weighted by Gasteiger charge is -2.37. The Morgan fingerprint density at radius 3 is 3.12 bits per heavy atom. The van der Waals surface area contributed by atoms with Crippen LogP contribution >= 0.6 is 0 Å². The molecule has 2 heterocycles. The van der Waals surface area contributed by atoms with Crippen LogP contribution in [0.5, 0.6) is 0 Å². The Morgan fingerprint density at radius 1 is 1.50 bits per heavy atom. The third kappa shape index (κ3) is 2.19. The van der Waals surface area contributed by atoms with Gasteiger partial charge in [-0.25, -0.2) is 0 Å². The molecule has 1 saturated heterocycles. The summed E-state index contributed by atoms with van der Waals surface area (Å²) in [4.78, 5) is 6.60. The number of hydrogen-bond donors (Lipinski definition) is 1. The largest absolute Gasteiger partial charge is 0.392 e. The van der Waals surface area contributed by atoms with Gasteiger partial charge < -0.3 is 10.0 Å². The standard InChI is InChI=1S/C13H20N2O/c1-2-12-5-3-4-8-15(12)13-9-14-7-6-11(13)10-16/h6-7,9,12,16H,2-5,8,10H2,1H3. The molecule has 3 heteroatoms. The molecule has 1 fully saturated rings. The van der Waals surface area contributed by atoms with Gasteiger partial charge in [-0.2, -0.15) is 0 Å². The van der Waals surface area contributed by atoms with Gasteiger partial charge in [-0.05, 0) is 31.7 Å². The molecule has 1 unspecified atom stereocenters. The first-order valence-electron chi connectivity index (χ1n) is 6.17. The lowest BCUT2D eigenvalue weighted by atomic mass is 9.98. The van der Waals surface area contributed by atoms with Crippen LogP contribution in [-0.2, 0) is 6.61 Å². The molecule has 2 rings (SSSR count). The highest BCUT2D eigenvalue weighted by Crippen LogP contribution is 2.28. The second kappa shape index (κ2) is 5.30. The molecule has 1 aromatic heterocycles. The van der Waals surface area contributed by atoms with Crippen molar-refractivity contribution in [2.24, 2.45) is 0 Å². The molecule has 1 N–H and O–H groups in total. The maximum atomic E-state index is 9.35. The Labute approximate surface area is 97.1 Å². The maximum Gasteiger partial charge on any atom is 0.0703 e. The van der Waals surface area contributed by atoms with Crippen LogP contribution < -0.4 is 4.90 Å². The molecule has 0 radical (unpaired) electrons. The lowest BCUT2D eigenvalue weighted by Crippen LogP contribution is -2.39. The summed E-state index contributed by atoms with van der Waals surface area (Å²) < 4.78 is 0. The number of aliphatic hydroxyl groups is 1. The first kappa shape index (κ1) is 11.4. The zero-order chi connectivity index (χ0) is 11.4. The normalized spacial score (nSPS) is 21.1. The van der Waals surface area contributed by atoms with Crippen molar-refractivity contribution in [3.8, 4) is 0 Å². The molecule has 1 aliphatic rings. The molecule has 16 heavy (non-hydrogen) atoms. The van der Waals surface area contributed by atoms with E-state index in [2.05, 4.69) is 16.8 Å². The van der Waals surface area contributed by atoms with E-state index in [1.807, 2.05) is 12.3 Å². The predicted molar refractivity (Wildman–Crippen MR) is 65.4 cm³/mol. The van der Waals surface area contributed by atoms with Crippen LogP contribution in [0.15, 0.2) is 18.5 Å². The maximum absolute atomic E-state index is 9.35.